The molecule has 0 radical (unpaired) electrons. The number of carbonyl (C=O) groups is 3. The lowest BCUT2D eigenvalue weighted by atomic mass is 9.74. The van der Waals surface area contributed by atoms with E-state index in [0.717, 1.165) is 37.8 Å². The predicted octanol–water partition coefficient (Wildman–Crippen LogP) is 4.16. The lowest BCUT2D eigenvalue weighted by molar-refractivity contribution is 0.0932. The van der Waals surface area contributed by atoms with Crippen LogP contribution < -0.4 is 16.4 Å². The number of phenols is 1. The molecule has 2 heterocycles. The largest absolute Gasteiger partial charge is 0.507 e. The third-order valence-electron chi connectivity index (χ3n) is 7.51. The molecule has 200 valence electrons. The first-order valence-corrected chi connectivity index (χ1v) is 12.7. The van der Waals surface area contributed by atoms with E-state index in [9.17, 15) is 19.5 Å². The van der Waals surface area contributed by atoms with Crippen LogP contribution >= 0.6 is 12.4 Å². The molecule has 0 bridgehead atoms. The van der Waals surface area contributed by atoms with E-state index in [4.69, 9.17) is 5.73 Å². The van der Waals surface area contributed by atoms with Crippen molar-refractivity contribution in [2.24, 2.45) is 11.1 Å². The summed E-state index contributed by atoms with van der Waals surface area (Å²) in [5.41, 5.74) is 7.51. The van der Waals surface area contributed by atoms with Crippen LogP contribution in [-0.2, 0) is 0 Å². The van der Waals surface area contributed by atoms with Crippen molar-refractivity contribution in [2.75, 3.05) is 19.6 Å². The predicted molar refractivity (Wildman–Crippen MR) is 145 cm³/mol. The van der Waals surface area contributed by atoms with Crippen molar-refractivity contribution in [3.8, 4) is 5.75 Å². The zero-order valence-electron chi connectivity index (χ0n) is 21.5. The summed E-state index contributed by atoms with van der Waals surface area (Å²) in [7, 11) is 0. The summed E-state index contributed by atoms with van der Waals surface area (Å²) in [5, 5.41) is 17.0. The molecule has 0 spiro atoms. The molecule has 2 aliphatic heterocycles. The second-order valence-electron chi connectivity index (χ2n) is 10.6. The monoisotopic (exact) mass is 528 g/mol. The Bertz CT molecular complexity index is 1140. The fraction of sp³-hybridized carbons (Fsp3) is 0.464. The molecule has 1 unspecified atom stereocenters. The van der Waals surface area contributed by atoms with Gasteiger partial charge < -0.3 is 26.4 Å². The molecule has 9 heteroatoms. The molecule has 3 amide bonds. The molecule has 37 heavy (non-hydrogen) atoms. The van der Waals surface area contributed by atoms with Crippen LogP contribution in [0.2, 0.25) is 0 Å². The number of hydrogen-bond donors (Lipinski definition) is 4. The number of hydrogen-bond acceptors (Lipinski definition) is 5. The molecule has 2 aliphatic rings. The van der Waals surface area contributed by atoms with Crippen molar-refractivity contribution in [1.29, 1.82) is 0 Å². The van der Waals surface area contributed by atoms with E-state index in [1.54, 1.807) is 41.3 Å². The van der Waals surface area contributed by atoms with Gasteiger partial charge in [0.2, 0.25) is 0 Å². The molecule has 5 N–H and O–H groups in total. The number of amides is 3. The summed E-state index contributed by atoms with van der Waals surface area (Å²) in [6.45, 7) is 6.46. The van der Waals surface area contributed by atoms with Gasteiger partial charge in [-0.2, -0.15) is 0 Å². The van der Waals surface area contributed by atoms with Gasteiger partial charge in [-0.3, -0.25) is 9.59 Å². The highest BCUT2D eigenvalue weighted by Gasteiger charge is 2.33. The number of benzene rings is 2. The topological polar surface area (TPSA) is 125 Å². The van der Waals surface area contributed by atoms with Gasteiger partial charge in [-0.1, -0.05) is 32.0 Å². The summed E-state index contributed by atoms with van der Waals surface area (Å²) >= 11 is 0. The number of nitrogens with zero attached hydrogens (tertiary/aromatic N) is 1. The van der Waals surface area contributed by atoms with Gasteiger partial charge in [0.1, 0.15) is 5.75 Å². The SMILES string of the molecule is CC1(C)CCCNC1c1ccc(O)c(C(=O)c2ccc(C(=O)N[C@H]3CCCN(C(N)=O)CC3)cc2)c1.Cl. The number of halogens is 1. The van der Waals surface area contributed by atoms with Crippen LogP contribution in [0.4, 0.5) is 4.79 Å². The average molecular weight is 529 g/mol. The first-order chi connectivity index (χ1) is 17.2. The lowest BCUT2D eigenvalue weighted by Crippen LogP contribution is -2.39. The Balaban J connectivity index is 0.00000380. The van der Waals surface area contributed by atoms with Crippen molar-refractivity contribution >= 4 is 30.1 Å². The molecule has 2 aromatic carbocycles. The van der Waals surface area contributed by atoms with Gasteiger partial charge in [0.15, 0.2) is 5.78 Å². The van der Waals surface area contributed by atoms with Gasteiger partial charge in [-0.25, -0.2) is 4.79 Å². The van der Waals surface area contributed by atoms with Crippen LogP contribution in [0.5, 0.6) is 5.75 Å². The number of nitrogens with one attached hydrogen (secondary N) is 2. The van der Waals surface area contributed by atoms with Gasteiger partial charge in [0.25, 0.3) is 5.91 Å². The number of aromatic hydroxyl groups is 1. The number of ketones is 1. The highest BCUT2D eigenvalue weighted by molar-refractivity contribution is 6.11. The average Bonchev–Trinajstić information content (AvgIpc) is 3.10. The zero-order chi connectivity index (χ0) is 25.9. The third kappa shape index (κ3) is 6.62. The Hall–Kier alpha value is -3.10. The molecular weight excluding hydrogens is 492 g/mol. The van der Waals surface area contributed by atoms with E-state index in [2.05, 4.69) is 24.5 Å². The molecular formula is C28H37ClN4O4. The standard InChI is InChI=1S/C28H36N4O4.ClH/c1-28(2)13-4-14-30-25(28)20-10-11-23(33)22(17-20)24(34)18-6-8-19(9-7-18)26(35)31-21-5-3-15-32(16-12-21)27(29)36;/h6-11,17,21,25,30,33H,3-5,12-16H2,1-2H3,(H2,29,36)(H,31,35);1H/t21-,25?;/m0./s1. The minimum Gasteiger partial charge on any atom is -0.507 e. The fourth-order valence-corrected chi connectivity index (χ4v) is 5.35. The van der Waals surface area contributed by atoms with Gasteiger partial charge in [0.05, 0.1) is 5.56 Å². The molecule has 8 nitrogen and oxygen atoms in total. The molecule has 0 saturated carbocycles. The molecule has 2 aromatic rings. The number of rotatable bonds is 5. The van der Waals surface area contributed by atoms with E-state index in [1.165, 1.54) is 0 Å². The fourth-order valence-electron chi connectivity index (χ4n) is 5.35. The highest BCUT2D eigenvalue weighted by atomic mass is 35.5. The quantitative estimate of drug-likeness (QED) is 0.434. The Morgan fingerprint density at radius 1 is 1.03 bits per heavy atom. The second kappa shape index (κ2) is 12.0. The third-order valence-corrected chi connectivity index (χ3v) is 7.51. The van der Waals surface area contributed by atoms with E-state index < -0.39 is 6.03 Å². The van der Waals surface area contributed by atoms with Crippen LogP contribution in [0.3, 0.4) is 0 Å². The summed E-state index contributed by atoms with van der Waals surface area (Å²) < 4.78 is 0. The van der Waals surface area contributed by atoms with Crippen molar-refractivity contribution in [3.05, 3.63) is 64.7 Å². The summed E-state index contributed by atoms with van der Waals surface area (Å²) in [4.78, 5) is 39.0. The number of primary amides is 1. The maximum absolute atomic E-state index is 13.3. The molecule has 0 aliphatic carbocycles. The molecule has 4 rings (SSSR count). The lowest BCUT2D eigenvalue weighted by Gasteiger charge is -2.40. The number of carbonyl (C=O) groups excluding carboxylic acids is 3. The summed E-state index contributed by atoms with van der Waals surface area (Å²) in [6.07, 6.45) is 4.39. The van der Waals surface area contributed by atoms with Gasteiger partial charge in [-0.15, -0.1) is 12.4 Å². The van der Waals surface area contributed by atoms with Crippen LogP contribution in [0.15, 0.2) is 42.5 Å². The maximum Gasteiger partial charge on any atom is 0.314 e. The Kier molecular flexibility index (Phi) is 9.21. The Labute approximate surface area is 224 Å². The van der Waals surface area contributed by atoms with Crippen LogP contribution in [0.25, 0.3) is 0 Å². The Morgan fingerprint density at radius 2 is 1.73 bits per heavy atom. The van der Waals surface area contributed by atoms with E-state index in [1.807, 2.05) is 6.07 Å². The molecule has 2 saturated heterocycles. The molecule has 2 fully saturated rings. The highest BCUT2D eigenvalue weighted by Crippen LogP contribution is 2.41. The Morgan fingerprint density at radius 3 is 2.41 bits per heavy atom. The molecule has 0 aromatic heterocycles. The van der Waals surface area contributed by atoms with Gasteiger partial charge >= 0.3 is 6.03 Å². The zero-order valence-corrected chi connectivity index (χ0v) is 22.3. The normalized spacial score (nSPS) is 21.3. The van der Waals surface area contributed by atoms with Crippen LogP contribution in [0, 0.1) is 5.41 Å². The van der Waals surface area contributed by atoms with Crippen LogP contribution in [-0.4, -0.2) is 53.4 Å². The van der Waals surface area contributed by atoms with E-state index >= 15 is 0 Å². The summed E-state index contributed by atoms with van der Waals surface area (Å²) in [5.74, 6) is -0.565. The van der Waals surface area contributed by atoms with Crippen molar-refractivity contribution in [2.45, 2.75) is 58.0 Å². The van der Waals surface area contributed by atoms with E-state index in [-0.39, 0.29) is 52.9 Å². The van der Waals surface area contributed by atoms with Gasteiger partial charge in [-0.05, 0) is 73.9 Å². The van der Waals surface area contributed by atoms with Crippen molar-refractivity contribution in [3.63, 3.8) is 0 Å². The minimum atomic E-state index is -0.433. The number of urea groups is 1. The number of nitrogens with two attached hydrogens (primary N) is 1. The van der Waals surface area contributed by atoms with Crippen molar-refractivity contribution in [1.82, 2.24) is 15.5 Å². The second-order valence-corrected chi connectivity index (χ2v) is 10.6. The van der Waals surface area contributed by atoms with Crippen LogP contribution in [0.1, 0.15) is 83.8 Å². The number of likely N-dealkylation sites (tertiary alicyclic amines) is 1. The first kappa shape index (κ1) is 28.5. The maximum atomic E-state index is 13.3. The molecule has 2 atom stereocenters. The summed E-state index contributed by atoms with van der Waals surface area (Å²) in [6, 6.07) is 11.4. The van der Waals surface area contributed by atoms with Crippen molar-refractivity contribution < 1.29 is 19.5 Å². The number of phenolic OH excluding ortho intramolecular Hbond substituents is 1. The van der Waals surface area contributed by atoms with Gasteiger partial charge in [0, 0.05) is 36.3 Å². The number of piperidine rings is 1. The van der Waals surface area contributed by atoms with E-state index in [0.29, 0.717) is 30.6 Å². The first-order valence-electron chi connectivity index (χ1n) is 12.7. The minimum absolute atomic E-state index is 0. The smallest absolute Gasteiger partial charge is 0.314 e.